The van der Waals surface area contributed by atoms with E-state index < -0.39 is 0 Å². The first-order valence-corrected chi connectivity index (χ1v) is 6.94. The van der Waals surface area contributed by atoms with Crippen LogP contribution in [0.5, 0.6) is 0 Å². The molecule has 84 valence electrons. The third-order valence-corrected chi connectivity index (χ3v) is 4.07. The highest BCUT2D eigenvalue weighted by molar-refractivity contribution is 7.07. The lowest BCUT2D eigenvalue weighted by Gasteiger charge is -2.16. The maximum Gasteiger partial charge on any atom is 0.00795 e. The minimum Gasteiger partial charge on any atom is -0.314 e. The molecule has 0 saturated heterocycles. The zero-order valence-electron chi connectivity index (χ0n) is 9.70. The minimum absolute atomic E-state index is 0.612. The predicted octanol–water partition coefficient (Wildman–Crippen LogP) is 3.31. The summed E-state index contributed by atoms with van der Waals surface area (Å²) in [6.07, 6.45) is 4.09. The second-order valence-electron chi connectivity index (χ2n) is 4.96. The standard InChI is InChI=1S/C13H21NS/c1-10(13-3-4-13)8-14-11(2)7-12-5-6-15-9-12/h5-6,9-11,13-14H,3-4,7-8H2,1-2H3. The molecule has 1 aromatic rings. The molecular formula is C13H21NS. The van der Waals surface area contributed by atoms with Crippen LogP contribution in [0.1, 0.15) is 32.3 Å². The van der Waals surface area contributed by atoms with Crippen LogP contribution in [0.25, 0.3) is 0 Å². The highest BCUT2D eigenvalue weighted by Crippen LogP contribution is 2.36. The number of rotatable bonds is 6. The third kappa shape index (κ3) is 3.62. The van der Waals surface area contributed by atoms with Gasteiger partial charge in [0, 0.05) is 6.04 Å². The summed E-state index contributed by atoms with van der Waals surface area (Å²) >= 11 is 1.79. The van der Waals surface area contributed by atoms with Crippen LogP contribution in [0, 0.1) is 11.8 Å². The number of nitrogens with one attached hydrogen (secondary N) is 1. The first-order chi connectivity index (χ1) is 7.25. The van der Waals surface area contributed by atoms with E-state index in [9.17, 15) is 0 Å². The Balaban J connectivity index is 1.65. The second-order valence-corrected chi connectivity index (χ2v) is 5.74. The van der Waals surface area contributed by atoms with E-state index in [0.29, 0.717) is 6.04 Å². The quantitative estimate of drug-likeness (QED) is 0.780. The van der Waals surface area contributed by atoms with E-state index >= 15 is 0 Å². The normalized spacial score (nSPS) is 20.1. The molecule has 1 aliphatic carbocycles. The van der Waals surface area contributed by atoms with E-state index in [2.05, 4.69) is 36.0 Å². The van der Waals surface area contributed by atoms with E-state index in [0.717, 1.165) is 11.8 Å². The predicted molar refractivity (Wildman–Crippen MR) is 67.4 cm³/mol. The molecule has 1 aliphatic rings. The van der Waals surface area contributed by atoms with Gasteiger partial charge in [-0.15, -0.1) is 0 Å². The van der Waals surface area contributed by atoms with Crippen molar-refractivity contribution in [3.63, 3.8) is 0 Å². The van der Waals surface area contributed by atoms with Gasteiger partial charge in [-0.1, -0.05) is 6.92 Å². The van der Waals surface area contributed by atoms with E-state index in [4.69, 9.17) is 0 Å². The lowest BCUT2D eigenvalue weighted by molar-refractivity contribution is 0.425. The molecule has 0 aromatic carbocycles. The Morgan fingerprint density at radius 1 is 1.47 bits per heavy atom. The summed E-state index contributed by atoms with van der Waals surface area (Å²) in [5.41, 5.74) is 1.47. The van der Waals surface area contributed by atoms with Crippen molar-refractivity contribution in [3.05, 3.63) is 22.4 Å². The second kappa shape index (κ2) is 5.13. The molecule has 2 rings (SSSR count). The molecule has 1 aromatic heterocycles. The summed E-state index contributed by atoms with van der Waals surface area (Å²) in [6.45, 7) is 5.86. The van der Waals surface area contributed by atoms with Crippen LogP contribution in [-0.2, 0) is 6.42 Å². The molecule has 0 amide bonds. The number of hydrogen-bond donors (Lipinski definition) is 1. The van der Waals surface area contributed by atoms with Gasteiger partial charge in [-0.05, 0) is 67.0 Å². The summed E-state index contributed by atoms with van der Waals surface area (Å²) in [7, 11) is 0. The van der Waals surface area contributed by atoms with Gasteiger partial charge in [-0.25, -0.2) is 0 Å². The highest BCUT2D eigenvalue weighted by atomic mass is 32.1. The molecule has 15 heavy (non-hydrogen) atoms. The molecule has 1 N–H and O–H groups in total. The summed E-state index contributed by atoms with van der Waals surface area (Å²) in [4.78, 5) is 0. The van der Waals surface area contributed by atoms with Gasteiger partial charge < -0.3 is 5.32 Å². The average Bonchev–Trinajstić information content (AvgIpc) is 2.95. The summed E-state index contributed by atoms with van der Waals surface area (Å²) in [5, 5.41) is 8.06. The molecule has 2 heteroatoms. The monoisotopic (exact) mass is 223 g/mol. The van der Waals surface area contributed by atoms with Crippen molar-refractivity contribution >= 4 is 11.3 Å². The van der Waals surface area contributed by atoms with Gasteiger partial charge >= 0.3 is 0 Å². The van der Waals surface area contributed by atoms with Gasteiger partial charge in [-0.3, -0.25) is 0 Å². The first kappa shape index (κ1) is 11.2. The molecule has 0 aliphatic heterocycles. The number of thiophene rings is 1. The Morgan fingerprint density at radius 2 is 2.27 bits per heavy atom. The minimum atomic E-state index is 0.612. The molecule has 2 unspecified atom stereocenters. The van der Waals surface area contributed by atoms with Crippen molar-refractivity contribution in [3.8, 4) is 0 Å². The molecular weight excluding hydrogens is 202 g/mol. The first-order valence-electron chi connectivity index (χ1n) is 6.00. The van der Waals surface area contributed by atoms with Gasteiger partial charge in [0.15, 0.2) is 0 Å². The van der Waals surface area contributed by atoms with Crippen molar-refractivity contribution in [2.24, 2.45) is 11.8 Å². The lowest BCUT2D eigenvalue weighted by Crippen LogP contribution is -2.32. The molecule has 1 heterocycles. The van der Waals surface area contributed by atoms with Crippen LogP contribution < -0.4 is 5.32 Å². The largest absolute Gasteiger partial charge is 0.314 e. The van der Waals surface area contributed by atoms with Crippen LogP contribution in [0.2, 0.25) is 0 Å². The maximum absolute atomic E-state index is 3.65. The lowest BCUT2D eigenvalue weighted by atomic mass is 10.1. The van der Waals surface area contributed by atoms with Gasteiger partial charge in [0.25, 0.3) is 0 Å². The zero-order chi connectivity index (χ0) is 10.7. The summed E-state index contributed by atoms with van der Waals surface area (Å²) in [5.74, 6) is 1.89. The van der Waals surface area contributed by atoms with Gasteiger partial charge in [0.1, 0.15) is 0 Å². The Hall–Kier alpha value is -0.340. The molecule has 0 radical (unpaired) electrons. The molecule has 0 spiro atoms. The highest BCUT2D eigenvalue weighted by Gasteiger charge is 2.27. The van der Waals surface area contributed by atoms with Crippen LogP contribution in [0.3, 0.4) is 0 Å². The molecule has 1 fully saturated rings. The fourth-order valence-corrected chi connectivity index (χ4v) is 2.74. The van der Waals surface area contributed by atoms with E-state index in [1.54, 1.807) is 11.3 Å². The van der Waals surface area contributed by atoms with Crippen molar-refractivity contribution in [2.45, 2.75) is 39.2 Å². The topological polar surface area (TPSA) is 12.0 Å². The Morgan fingerprint density at radius 3 is 2.87 bits per heavy atom. The third-order valence-electron chi connectivity index (χ3n) is 3.34. The van der Waals surface area contributed by atoms with Crippen molar-refractivity contribution < 1.29 is 0 Å². The summed E-state index contributed by atoms with van der Waals surface area (Å²) in [6, 6.07) is 2.84. The van der Waals surface area contributed by atoms with E-state index in [1.165, 1.54) is 31.4 Å². The Bertz CT molecular complexity index is 277. The van der Waals surface area contributed by atoms with Crippen molar-refractivity contribution in [1.29, 1.82) is 0 Å². The fourth-order valence-electron chi connectivity index (χ4n) is 2.05. The summed E-state index contributed by atoms with van der Waals surface area (Å²) < 4.78 is 0. The van der Waals surface area contributed by atoms with E-state index in [-0.39, 0.29) is 0 Å². The van der Waals surface area contributed by atoms with Crippen LogP contribution in [-0.4, -0.2) is 12.6 Å². The molecule has 1 nitrogen and oxygen atoms in total. The van der Waals surface area contributed by atoms with Gasteiger partial charge in [0.2, 0.25) is 0 Å². The van der Waals surface area contributed by atoms with Crippen LogP contribution in [0.15, 0.2) is 16.8 Å². The van der Waals surface area contributed by atoms with Crippen LogP contribution in [0.4, 0.5) is 0 Å². The van der Waals surface area contributed by atoms with Gasteiger partial charge in [0.05, 0.1) is 0 Å². The molecule has 0 bridgehead atoms. The zero-order valence-corrected chi connectivity index (χ0v) is 10.5. The molecule has 1 saturated carbocycles. The maximum atomic E-state index is 3.65. The number of hydrogen-bond acceptors (Lipinski definition) is 2. The van der Waals surface area contributed by atoms with Gasteiger partial charge in [-0.2, -0.15) is 11.3 Å². The van der Waals surface area contributed by atoms with Crippen molar-refractivity contribution in [1.82, 2.24) is 5.32 Å². The smallest absolute Gasteiger partial charge is 0.00795 e. The Labute approximate surface area is 96.9 Å². The SMILES string of the molecule is CC(Cc1ccsc1)NCC(C)C1CC1. The van der Waals surface area contributed by atoms with E-state index in [1.807, 2.05) is 0 Å². The van der Waals surface area contributed by atoms with Crippen molar-refractivity contribution in [2.75, 3.05) is 6.54 Å². The van der Waals surface area contributed by atoms with Crippen LogP contribution >= 0.6 is 11.3 Å². The fraction of sp³-hybridized carbons (Fsp3) is 0.692. The molecule has 2 atom stereocenters. The Kier molecular flexibility index (Phi) is 3.81. The average molecular weight is 223 g/mol.